The van der Waals surface area contributed by atoms with Gasteiger partial charge in [0, 0.05) is 4.88 Å². The molecule has 1 aromatic heterocycles. The highest BCUT2D eigenvalue weighted by Gasteiger charge is 2.42. The number of carbonyl (C=O) groups is 2. The first-order valence-electron chi connectivity index (χ1n) is 6.69. The summed E-state index contributed by atoms with van der Waals surface area (Å²) < 4.78 is 0.653. The van der Waals surface area contributed by atoms with E-state index in [2.05, 4.69) is 5.32 Å². The molecule has 1 aliphatic carbocycles. The van der Waals surface area contributed by atoms with Crippen molar-refractivity contribution in [3.8, 4) is 0 Å². The molecule has 1 amide bonds. The van der Waals surface area contributed by atoms with E-state index in [0.717, 1.165) is 17.7 Å². The Kier molecular flexibility index (Phi) is 4.70. The quantitative estimate of drug-likeness (QED) is 0.897. The zero-order valence-electron chi connectivity index (χ0n) is 11.3. The van der Waals surface area contributed by atoms with E-state index in [1.54, 1.807) is 6.07 Å². The molecule has 0 aromatic carbocycles. The van der Waals surface area contributed by atoms with E-state index in [1.165, 1.54) is 11.3 Å². The second-order valence-corrected chi connectivity index (χ2v) is 7.28. The van der Waals surface area contributed by atoms with Crippen LogP contribution >= 0.6 is 22.9 Å². The van der Waals surface area contributed by atoms with Gasteiger partial charge in [0.15, 0.2) is 0 Å². The summed E-state index contributed by atoms with van der Waals surface area (Å²) in [5, 5.41) is 12.2. The monoisotopic (exact) mass is 315 g/mol. The van der Waals surface area contributed by atoms with Crippen LogP contribution in [0.25, 0.3) is 0 Å². The molecule has 1 saturated carbocycles. The van der Waals surface area contributed by atoms with Crippen LogP contribution in [0.3, 0.4) is 0 Å². The third-order valence-electron chi connectivity index (χ3n) is 3.89. The molecule has 1 heterocycles. The predicted molar refractivity (Wildman–Crippen MR) is 79.2 cm³/mol. The fraction of sp³-hybridized carbons (Fsp3) is 0.571. The van der Waals surface area contributed by atoms with Crippen molar-refractivity contribution < 1.29 is 14.7 Å². The number of amides is 1. The zero-order valence-corrected chi connectivity index (χ0v) is 12.9. The van der Waals surface area contributed by atoms with Gasteiger partial charge < -0.3 is 10.4 Å². The van der Waals surface area contributed by atoms with Crippen molar-refractivity contribution in [1.82, 2.24) is 5.32 Å². The second-order valence-electron chi connectivity index (χ2n) is 5.48. The summed E-state index contributed by atoms with van der Waals surface area (Å²) in [5.74, 6) is -1.47. The van der Waals surface area contributed by atoms with Gasteiger partial charge in [0.1, 0.15) is 0 Å². The van der Waals surface area contributed by atoms with Gasteiger partial charge >= 0.3 is 5.97 Å². The molecule has 0 aliphatic heterocycles. The lowest BCUT2D eigenvalue weighted by Crippen LogP contribution is -2.55. The molecule has 1 aromatic rings. The van der Waals surface area contributed by atoms with Crippen LogP contribution in [0.2, 0.25) is 4.34 Å². The average molecular weight is 316 g/mol. The molecule has 1 fully saturated rings. The van der Waals surface area contributed by atoms with Crippen LogP contribution < -0.4 is 5.32 Å². The number of carboxylic acids is 1. The topological polar surface area (TPSA) is 66.4 Å². The smallest absolute Gasteiger partial charge is 0.308 e. The number of halogens is 1. The minimum atomic E-state index is -0.827. The van der Waals surface area contributed by atoms with E-state index in [4.69, 9.17) is 11.6 Å². The zero-order chi connectivity index (χ0) is 14.8. The van der Waals surface area contributed by atoms with Crippen molar-refractivity contribution in [1.29, 1.82) is 0 Å². The maximum atomic E-state index is 12.1. The molecule has 2 atom stereocenters. The summed E-state index contributed by atoms with van der Waals surface area (Å²) in [6.45, 7) is 1.84. The van der Waals surface area contributed by atoms with Crippen molar-refractivity contribution in [2.75, 3.05) is 0 Å². The number of carbonyl (C=O) groups excluding carboxylic acids is 1. The van der Waals surface area contributed by atoms with E-state index in [9.17, 15) is 14.7 Å². The van der Waals surface area contributed by atoms with Crippen molar-refractivity contribution in [3.05, 3.63) is 21.3 Å². The Morgan fingerprint density at radius 1 is 1.50 bits per heavy atom. The summed E-state index contributed by atoms with van der Waals surface area (Å²) in [7, 11) is 0. The summed E-state index contributed by atoms with van der Waals surface area (Å²) in [5.41, 5.74) is -0.651. The highest BCUT2D eigenvalue weighted by atomic mass is 35.5. The number of hydrogen-bond acceptors (Lipinski definition) is 3. The van der Waals surface area contributed by atoms with Crippen LogP contribution in [0.15, 0.2) is 12.1 Å². The average Bonchev–Trinajstić information content (AvgIpc) is 2.73. The molecule has 4 nitrogen and oxygen atoms in total. The molecule has 110 valence electrons. The van der Waals surface area contributed by atoms with E-state index >= 15 is 0 Å². The number of thiophene rings is 1. The maximum Gasteiger partial charge on any atom is 0.308 e. The van der Waals surface area contributed by atoms with Crippen molar-refractivity contribution in [2.24, 2.45) is 5.92 Å². The highest BCUT2D eigenvalue weighted by Crippen LogP contribution is 2.34. The molecule has 1 aliphatic rings. The summed E-state index contributed by atoms with van der Waals surface area (Å²) >= 11 is 7.21. The molecule has 2 rings (SSSR count). The van der Waals surface area contributed by atoms with Crippen molar-refractivity contribution >= 4 is 34.8 Å². The molecular weight excluding hydrogens is 298 g/mol. The standard InChI is InChI=1S/C14H18ClNO3S/c1-14(7-3-2-4-10(14)13(18)19)16-12(17)8-9-5-6-11(15)20-9/h5-6,10H,2-4,7-8H2,1H3,(H,16,17)(H,18,19). The lowest BCUT2D eigenvalue weighted by atomic mass is 9.74. The van der Waals surface area contributed by atoms with Crippen LogP contribution in [0.5, 0.6) is 0 Å². The van der Waals surface area contributed by atoms with Gasteiger partial charge in [0.05, 0.1) is 22.2 Å². The molecule has 2 N–H and O–H groups in total. The van der Waals surface area contributed by atoms with Gasteiger partial charge in [-0.05, 0) is 31.9 Å². The van der Waals surface area contributed by atoms with Crippen molar-refractivity contribution in [3.63, 3.8) is 0 Å². The Bertz CT molecular complexity index is 516. The minimum absolute atomic E-state index is 0.140. The Morgan fingerprint density at radius 3 is 2.85 bits per heavy atom. The van der Waals surface area contributed by atoms with Gasteiger partial charge in [-0.1, -0.05) is 24.4 Å². The normalized spacial score (nSPS) is 26.2. The molecule has 6 heteroatoms. The highest BCUT2D eigenvalue weighted by molar-refractivity contribution is 7.16. The van der Waals surface area contributed by atoms with Crippen LogP contribution in [0, 0.1) is 5.92 Å². The predicted octanol–water partition coefficient (Wildman–Crippen LogP) is 3.09. The SMILES string of the molecule is CC1(NC(=O)Cc2ccc(Cl)s2)CCCCC1C(=O)O. The molecular formula is C14H18ClNO3S. The van der Waals surface area contributed by atoms with E-state index in [0.29, 0.717) is 17.2 Å². The number of aliphatic carboxylic acids is 1. The number of rotatable bonds is 4. The Balaban J connectivity index is 2.02. The van der Waals surface area contributed by atoms with Crippen LogP contribution in [0.4, 0.5) is 0 Å². The fourth-order valence-electron chi connectivity index (χ4n) is 2.85. The molecule has 0 radical (unpaired) electrons. The van der Waals surface area contributed by atoms with E-state index < -0.39 is 17.4 Å². The Hall–Kier alpha value is -1.07. The largest absolute Gasteiger partial charge is 0.481 e. The van der Waals surface area contributed by atoms with Gasteiger partial charge in [-0.15, -0.1) is 11.3 Å². The first-order valence-corrected chi connectivity index (χ1v) is 7.88. The second kappa shape index (κ2) is 6.14. The maximum absolute atomic E-state index is 12.1. The van der Waals surface area contributed by atoms with Gasteiger partial charge in [-0.2, -0.15) is 0 Å². The number of carboxylic acid groups (broad SMARTS) is 1. The number of hydrogen-bond donors (Lipinski definition) is 2. The molecule has 0 spiro atoms. The third kappa shape index (κ3) is 3.52. The van der Waals surface area contributed by atoms with Gasteiger partial charge in [0.25, 0.3) is 0 Å². The first-order chi connectivity index (χ1) is 9.40. The van der Waals surface area contributed by atoms with Crippen LogP contribution in [-0.4, -0.2) is 22.5 Å². The summed E-state index contributed by atoms with van der Waals surface area (Å²) in [6, 6.07) is 3.58. The van der Waals surface area contributed by atoms with Gasteiger partial charge in [0.2, 0.25) is 5.91 Å². The van der Waals surface area contributed by atoms with E-state index in [1.807, 2.05) is 13.0 Å². The molecule has 2 unspecified atom stereocenters. The Labute approximate surface area is 127 Å². The molecule has 0 bridgehead atoms. The number of nitrogens with one attached hydrogen (secondary N) is 1. The summed E-state index contributed by atoms with van der Waals surface area (Å²) in [6.07, 6.45) is 3.44. The van der Waals surface area contributed by atoms with Crippen LogP contribution in [-0.2, 0) is 16.0 Å². The Morgan fingerprint density at radius 2 is 2.25 bits per heavy atom. The first kappa shape index (κ1) is 15.3. The summed E-state index contributed by atoms with van der Waals surface area (Å²) in [4.78, 5) is 24.4. The minimum Gasteiger partial charge on any atom is -0.481 e. The third-order valence-corrected chi connectivity index (χ3v) is 5.13. The van der Waals surface area contributed by atoms with Crippen molar-refractivity contribution in [2.45, 2.75) is 44.6 Å². The van der Waals surface area contributed by atoms with E-state index in [-0.39, 0.29) is 12.3 Å². The fourth-order valence-corrected chi connectivity index (χ4v) is 3.93. The molecule has 0 saturated heterocycles. The lowest BCUT2D eigenvalue weighted by molar-refractivity contribution is -0.146. The lowest BCUT2D eigenvalue weighted by Gasteiger charge is -2.39. The van der Waals surface area contributed by atoms with Gasteiger partial charge in [-0.25, -0.2) is 0 Å². The van der Waals surface area contributed by atoms with Gasteiger partial charge in [-0.3, -0.25) is 9.59 Å². The molecule has 20 heavy (non-hydrogen) atoms. The van der Waals surface area contributed by atoms with Crippen LogP contribution in [0.1, 0.15) is 37.5 Å².